The van der Waals surface area contributed by atoms with E-state index >= 15 is 0 Å². The molecule has 0 bridgehead atoms. The molecule has 152 valence electrons. The van der Waals surface area contributed by atoms with Gasteiger partial charge in [0, 0.05) is 18.0 Å². The van der Waals surface area contributed by atoms with E-state index in [4.69, 9.17) is 4.74 Å². The molecule has 2 aromatic heterocycles. The van der Waals surface area contributed by atoms with Crippen LogP contribution in [0.15, 0.2) is 56.5 Å². The van der Waals surface area contributed by atoms with Crippen LogP contribution in [0.3, 0.4) is 0 Å². The van der Waals surface area contributed by atoms with Crippen LogP contribution < -0.4 is 4.74 Å². The molecule has 0 N–H and O–H groups in total. The third kappa shape index (κ3) is 4.42. The van der Waals surface area contributed by atoms with Crippen molar-refractivity contribution in [1.82, 2.24) is 15.1 Å². The Bertz CT molecular complexity index is 1170. The minimum atomic E-state index is -4.79. The van der Waals surface area contributed by atoms with Crippen LogP contribution in [0, 0.1) is 0 Å². The Morgan fingerprint density at radius 3 is 2.59 bits per heavy atom. The Labute approximate surface area is 162 Å². The zero-order chi connectivity index (χ0) is 21.2. The van der Waals surface area contributed by atoms with Crippen LogP contribution in [0.1, 0.15) is 16.2 Å². The van der Waals surface area contributed by atoms with E-state index in [9.17, 15) is 22.2 Å². The molecule has 0 fully saturated rings. The smallest absolute Gasteiger partial charge is 0.471 e. The molecule has 12 heteroatoms. The highest BCUT2D eigenvalue weighted by molar-refractivity contribution is 7.93. The van der Waals surface area contributed by atoms with Crippen LogP contribution >= 0.6 is 0 Å². The fourth-order valence-electron chi connectivity index (χ4n) is 2.29. The summed E-state index contributed by atoms with van der Waals surface area (Å²) in [6.45, 7) is 0. The normalized spacial score (nSPS) is 13.6. The van der Waals surface area contributed by atoms with Crippen LogP contribution in [-0.2, 0) is 15.9 Å². The molecule has 3 rings (SSSR count). The largest absolute Gasteiger partial charge is 0.496 e. The predicted molar refractivity (Wildman–Crippen MR) is 94.6 cm³/mol. The molecule has 0 aliphatic carbocycles. The van der Waals surface area contributed by atoms with Crippen molar-refractivity contribution in [2.24, 2.45) is 4.36 Å². The summed E-state index contributed by atoms with van der Waals surface area (Å²) in [6, 6.07) is 8.53. The van der Waals surface area contributed by atoms with Crippen LogP contribution in [0.5, 0.6) is 5.75 Å². The summed E-state index contributed by atoms with van der Waals surface area (Å²) in [6.07, 6.45) is -2.09. The molecule has 29 heavy (non-hydrogen) atoms. The molecule has 1 unspecified atom stereocenters. The van der Waals surface area contributed by atoms with E-state index in [-0.39, 0.29) is 27.7 Å². The average Bonchev–Trinajstić information content (AvgIpc) is 3.18. The van der Waals surface area contributed by atoms with Crippen molar-refractivity contribution in [2.45, 2.75) is 11.2 Å². The van der Waals surface area contributed by atoms with E-state index in [1.807, 2.05) is 0 Å². The first-order valence-corrected chi connectivity index (χ1v) is 9.81. The second-order valence-electron chi connectivity index (χ2n) is 5.70. The maximum Gasteiger partial charge on any atom is 0.471 e. The minimum absolute atomic E-state index is 0.00986. The van der Waals surface area contributed by atoms with Gasteiger partial charge in [-0.3, -0.25) is 4.79 Å². The first kappa shape index (κ1) is 20.5. The quantitative estimate of drug-likeness (QED) is 0.629. The van der Waals surface area contributed by atoms with Gasteiger partial charge in [0.25, 0.3) is 5.91 Å². The number of aromatic nitrogens is 3. The first-order chi connectivity index (χ1) is 13.6. The van der Waals surface area contributed by atoms with Gasteiger partial charge >= 0.3 is 12.1 Å². The SMILES string of the molecule is COc1cc(C(=O)N=S(C)(=O)c2ccccn2)ccc1-c1noc(C(F)(F)F)n1. The van der Waals surface area contributed by atoms with Crippen molar-refractivity contribution >= 4 is 15.6 Å². The van der Waals surface area contributed by atoms with E-state index in [1.165, 1.54) is 43.8 Å². The molecule has 1 atom stereocenters. The molecule has 0 saturated heterocycles. The fourth-order valence-corrected chi connectivity index (χ4v) is 3.39. The van der Waals surface area contributed by atoms with Gasteiger partial charge in [0.05, 0.1) is 22.4 Å². The molecule has 2 heterocycles. The van der Waals surface area contributed by atoms with Gasteiger partial charge in [-0.2, -0.15) is 22.5 Å². The lowest BCUT2D eigenvalue weighted by Gasteiger charge is -2.07. The molecule has 0 radical (unpaired) electrons. The summed E-state index contributed by atoms with van der Waals surface area (Å²) in [5.74, 6) is -2.67. The average molecular weight is 426 g/mol. The number of rotatable bonds is 4. The standard InChI is InChI=1S/C17H13F3N4O4S/c1-27-12-9-10(15(25)24-29(2,26)13-5-3-4-8-21-13)6-7-11(12)14-22-16(28-23-14)17(18,19)20/h3-9H,1-2H3. The summed E-state index contributed by atoms with van der Waals surface area (Å²) in [4.78, 5) is 19.7. The third-order valence-corrected chi connectivity index (χ3v) is 5.17. The monoisotopic (exact) mass is 426 g/mol. The molecule has 1 amide bonds. The molecular weight excluding hydrogens is 413 g/mol. The Hall–Kier alpha value is -3.28. The van der Waals surface area contributed by atoms with Gasteiger partial charge in [0.15, 0.2) is 0 Å². The number of benzene rings is 1. The number of alkyl halides is 3. The molecule has 0 aliphatic heterocycles. The van der Waals surface area contributed by atoms with E-state index < -0.39 is 27.7 Å². The molecule has 0 aliphatic rings. The lowest BCUT2D eigenvalue weighted by molar-refractivity contribution is -0.159. The Balaban J connectivity index is 1.97. The second-order valence-corrected chi connectivity index (χ2v) is 7.91. The number of ether oxygens (including phenoxy) is 1. The zero-order valence-corrected chi connectivity index (χ0v) is 15.8. The van der Waals surface area contributed by atoms with Crippen LogP contribution in [0.2, 0.25) is 0 Å². The lowest BCUT2D eigenvalue weighted by atomic mass is 10.1. The van der Waals surface area contributed by atoms with Crippen molar-refractivity contribution in [2.75, 3.05) is 13.4 Å². The zero-order valence-electron chi connectivity index (χ0n) is 15.0. The number of hydrogen-bond donors (Lipinski definition) is 0. The lowest BCUT2D eigenvalue weighted by Crippen LogP contribution is -2.06. The van der Waals surface area contributed by atoms with E-state index in [0.717, 1.165) is 0 Å². The molecular formula is C17H13F3N4O4S. The molecule has 0 saturated carbocycles. The fraction of sp³-hybridized carbons (Fsp3) is 0.176. The summed E-state index contributed by atoms with van der Waals surface area (Å²) in [5, 5.41) is 3.43. The third-order valence-electron chi connectivity index (χ3n) is 3.64. The first-order valence-electron chi connectivity index (χ1n) is 7.88. The van der Waals surface area contributed by atoms with Gasteiger partial charge in [-0.1, -0.05) is 11.2 Å². The summed E-state index contributed by atoms with van der Waals surface area (Å²) < 4.78 is 63.7. The predicted octanol–water partition coefficient (Wildman–Crippen LogP) is 3.46. The topological polar surface area (TPSA) is 108 Å². The number of carbonyl (C=O) groups is 1. The van der Waals surface area contributed by atoms with E-state index in [2.05, 4.69) is 24.0 Å². The number of halogens is 3. The number of carbonyl (C=O) groups excluding carboxylic acids is 1. The van der Waals surface area contributed by atoms with E-state index in [0.29, 0.717) is 0 Å². The Morgan fingerprint density at radius 2 is 2.00 bits per heavy atom. The summed E-state index contributed by atoms with van der Waals surface area (Å²) in [5.41, 5.74) is 0.0842. The maximum atomic E-state index is 12.7. The van der Waals surface area contributed by atoms with Gasteiger partial charge < -0.3 is 9.26 Å². The highest BCUT2D eigenvalue weighted by atomic mass is 32.2. The molecule has 3 aromatic rings. The van der Waals surface area contributed by atoms with Gasteiger partial charge in [-0.15, -0.1) is 0 Å². The van der Waals surface area contributed by atoms with Gasteiger partial charge in [0.2, 0.25) is 5.82 Å². The highest BCUT2D eigenvalue weighted by Gasteiger charge is 2.38. The number of hydrogen-bond acceptors (Lipinski definition) is 7. The Kier molecular flexibility index (Phi) is 5.38. The number of amides is 1. The summed E-state index contributed by atoms with van der Waals surface area (Å²) >= 11 is 0. The van der Waals surface area contributed by atoms with Crippen molar-refractivity contribution in [3.63, 3.8) is 0 Å². The Morgan fingerprint density at radius 1 is 1.24 bits per heavy atom. The number of nitrogens with zero attached hydrogens (tertiary/aromatic N) is 4. The molecule has 8 nitrogen and oxygen atoms in total. The number of pyridine rings is 1. The second kappa shape index (κ2) is 7.62. The van der Waals surface area contributed by atoms with Crippen LogP contribution in [0.4, 0.5) is 13.2 Å². The van der Waals surface area contributed by atoms with Gasteiger partial charge in [-0.25, -0.2) is 9.19 Å². The highest BCUT2D eigenvalue weighted by Crippen LogP contribution is 2.33. The summed E-state index contributed by atoms with van der Waals surface area (Å²) in [7, 11) is -1.84. The number of methoxy groups -OCH3 is 1. The van der Waals surface area contributed by atoms with Crippen LogP contribution in [0.25, 0.3) is 11.4 Å². The van der Waals surface area contributed by atoms with Crippen LogP contribution in [-0.4, -0.2) is 38.6 Å². The van der Waals surface area contributed by atoms with Crippen molar-refractivity contribution in [3.8, 4) is 17.1 Å². The van der Waals surface area contributed by atoms with Crippen molar-refractivity contribution in [3.05, 3.63) is 54.0 Å². The van der Waals surface area contributed by atoms with Crippen molar-refractivity contribution < 1.29 is 31.4 Å². The maximum absolute atomic E-state index is 12.7. The molecule has 1 aromatic carbocycles. The minimum Gasteiger partial charge on any atom is -0.496 e. The van der Waals surface area contributed by atoms with Gasteiger partial charge in [-0.05, 0) is 30.3 Å². The van der Waals surface area contributed by atoms with Gasteiger partial charge in [0.1, 0.15) is 10.8 Å². The molecule has 0 spiro atoms. The van der Waals surface area contributed by atoms with Crippen molar-refractivity contribution in [1.29, 1.82) is 0 Å². The van der Waals surface area contributed by atoms with E-state index in [1.54, 1.807) is 12.1 Å².